The molecule has 5 nitrogen and oxygen atoms in total. The van der Waals surface area contributed by atoms with Crippen molar-refractivity contribution in [1.82, 2.24) is 4.63 Å². The van der Waals surface area contributed by atoms with Gasteiger partial charge in [-0.1, -0.05) is 11.6 Å². The van der Waals surface area contributed by atoms with Crippen molar-refractivity contribution in [3.8, 4) is 0 Å². The van der Waals surface area contributed by atoms with E-state index in [1.807, 2.05) is 0 Å². The molecule has 0 aliphatic heterocycles. The highest BCUT2D eigenvalue weighted by atomic mass is 79.9. The predicted octanol–water partition coefficient (Wildman–Crippen LogP) is 3.07. The highest BCUT2D eigenvalue weighted by molar-refractivity contribution is 9.12. The number of nitrogens with zero attached hydrogens (tertiary/aromatic N) is 1. The summed E-state index contributed by atoms with van der Waals surface area (Å²) in [6.07, 6.45) is -16.5. The third-order valence-electron chi connectivity index (χ3n) is 1.12. The number of alkyl halides is 10. The van der Waals surface area contributed by atoms with Gasteiger partial charge in [0.2, 0.25) is 0 Å². The topological polar surface area (TPSA) is 55.8 Å². The Morgan fingerprint density at radius 2 is 1.45 bits per heavy atom. The van der Waals surface area contributed by atoms with E-state index in [2.05, 4.69) is 21.3 Å². The van der Waals surface area contributed by atoms with E-state index in [9.17, 15) is 43.5 Å². The molecule has 16 heteroatoms. The van der Waals surface area contributed by atoms with Crippen LogP contribution in [0.2, 0.25) is 0 Å². The van der Waals surface area contributed by atoms with Gasteiger partial charge in [-0.15, -0.1) is 13.2 Å². The molecule has 1 unspecified atom stereocenters. The van der Waals surface area contributed by atoms with Crippen molar-refractivity contribution in [2.45, 2.75) is 22.3 Å². The van der Waals surface area contributed by atoms with Gasteiger partial charge >= 0.3 is 32.3 Å². The Morgan fingerprint density at radius 1 is 1.05 bits per heavy atom. The van der Waals surface area contributed by atoms with Gasteiger partial charge in [0.15, 0.2) is 0 Å². The Kier molecular flexibility index (Phi) is 6.05. The first kappa shape index (κ1) is 20.0. The van der Waals surface area contributed by atoms with Crippen LogP contribution in [0.3, 0.4) is 0 Å². The fraction of sp³-hybridized carbons (Fsp3) is 1.00. The van der Waals surface area contributed by atoms with Crippen LogP contribution < -0.4 is 0 Å². The van der Waals surface area contributed by atoms with Crippen molar-refractivity contribution in [2.24, 2.45) is 0 Å². The first-order chi connectivity index (χ1) is 8.51. The third-order valence-corrected chi connectivity index (χ3v) is 4.06. The standard InChI is InChI=1S/C4HBrClF8NO4S/c5-3(6,11)20(16,17)15(19-4(12,13)14)18-2(9,10)1(7)8/h1H. The van der Waals surface area contributed by atoms with Gasteiger partial charge < -0.3 is 0 Å². The summed E-state index contributed by atoms with van der Waals surface area (Å²) < 4.78 is 112. The molecule has 0 aliphatic carbocycles. The zero-order valence-electron chi connectivity index (χ0n) is 8.35. The summed E-state index contributed by atoms with van der Waals surface area (Å²) >= 11 is 5.88. The molecule has 0 saturated carbocycles. The molecule has 0 aromatic rings. The predicted molar refractivity (Wildman–Crippen MR) is 48.6 cm³/mol. The zero-order chi connectivity index (χ0) is 16.6. The first-order valence-corrected chi connectivity index (χ1v) is 6.34. The molecular weight excluding hydrogens is 425 g/mol. The molecular formula is C4HBrClF8NO4S. The lowest BCUT2D eigenvalue weighted by molar-refractivity contribution is -0.511. The van der Waals surface area contributed by atoms with Crippen LogP contribution in [0.1, 0.15) is 0 Å². The largest absolute Gasteiger partial charge is 0.541 e. The molecule has 0 aromatic heterocycles. The normalized spacial score (nSPS) is 17.6. The molecule has 1 atom stereocenters. The number of sulfonamides is 1. The van der Waals surface area contributed by atoms with Gasteiger partial charge in [-0.25, -0.2) is 17.2 Å². The summed E-state index contributed by atoms with van der Waals surface area (Å²) in [7, 11) is -6.27. The second-order valence-corrected chi connectivity index (χ2v) is 7.27. The van der Waals surface area contributed by atoms with Crippen molar-refractivity contribution in [3.63, 3.8) is 0 Å². The van der Waals surface area contributed by atoms with Crippen LogP contribution in [0.5, 0.6) is 0 Å². The summed E-state index contributed by atoms with van der Waals surface area (Å²) in [4.78, 5) is 4.90. The Bertz CT molecular complexity index is 435. The molecule has 0 fully saturated rings. The summed E-state index contributed by atoms with van der Waals surface area (Å²) in [5.74, 6) is 0. The average molecular weight is 426 g/mol. The SMILES string of the molecule is O=S(=O)(N(OC(F)(F)F)OC(F)(F)C(F)F)C(F)(Cl)Br. The van der Waals surface area contributed by atoms with E-state index >= 15 is 0 Å². The van der Waals surface area contributed by atoms with Gasteiger partial charge in [0.05, 0.1) is 4.63 Å². The second-order valence-electron chi connectivity index (χ2n) is 2.64. The highest BCUT2D eigenvalue weighted by Gasteiger charge is 2.56. The van der Waals surface area contributed by atoms with Crippen molar-refractivity contribution >= 4 is 37.6 Å². The van der Waals surface area contributed by atoms with Crippen LogP contribution in [0.15, 0.2) is 0 Å². The van der Waals surface area contributed by atoms with Crippen LogP contribution in [0.4, 0.5) is 35.1 Å². The van der Waals surface area contributed by atoms with Crippen LogP contribution in [-0.2, 0) is 19.7 Å². The van der Waals surface area contributed by atoms with Crippen molar-refractivity contribution in [2.75, 3.05) is 0 Å². The summed E-state index contributed by atoms with van der Waals surface area (Å²) in [6, 6.07) is 0. The van der Waals surface area contributed by atoms with Gasteiger partial charge in [-0.3, -0.25) is 0 Å². The number of hydrogen-bond acceptors (Lipinski definition) is 4. The van der Waals surface area contributed by atoms with E-state index in [4.69, 9.17) is 0 Å². The zero-order valence-corrected chi connectivity index (χ0v) is 11.5. The fourth-order valence-corrected chi connectivity index (χ4v) is 1.50. The van der Waals surface area contributed by atoms with Crippen LogP contribution >= 0.6 is 27.5 Å². The van der Waals surface area contributed by atoms with E-state index in [-0.39, 0.29) is 0 Å². The molecule has 0 radical (unpaired) electrons. The van der Waals surface area contributed by atoms with Crippen LogP contribution in [-0.4, -0.2) is 35.3 Å². The second kappa shape index (κ2) is 6.04. The van der Waals surface area contributed by atoms with E-state index < -0.39 is 36.9 Å². The lowest BCUT2D eigenvalue weighted by Crippen LogP contribution is -2.48. The molecule has 122 valence electrons. The minimum Gasteiger partial charge on any atom is -0.202 e. The maximum absolute atomic E-state index is 12.9. The summed E-state index contributed by atoms with van der Waals surface area (Å²) in [5, 5.41) is 0. The van der Waals surface area contributed by atoms with Gasteiger partial charge in [0.1, 0.15) is 0 Å². The molecule has 0 rings (SSSR count). The minimum atomic E-state index is -6.27. The average Bonchev–Trinajstić information content (AvgIpc) is 2.11. The Morgan fingerprint density at radius 3 is 1.70 bits per heavy atom. The van der Waals surface area contributed by atoms with Crippen LogP contribution in [0, 0.1) is 0 Å². The Labute approximate surface area is 118 Å². The van der Waals surface area contributed by atoms with Crippen molar-refractivity contribution in [1.29, 1.82) is 0 Å². The maximum atomic E-state index is 12.9. The van der Waals surface area contributed by atoms with Gasteiger partial charge in [-0.05, 0) is 15.9 Å². The lowest BCUT2D eigenvalue weighted by Gasteiger charge is -2.26. The molecule has 0 saturated heterocycles. The van der Waals surface area contributed by atoms with Gasteiger partial charge in [0, 0.05) is 0 Å². The molecule has 0 heterocycles. The molecule has 0 spiro atoms. The molecule has 0 bridgehead atoms. The molecule has 0 amide bonds. The number of rotatable bonds is 6. The van der Waals surface area contributed by atoms with Gasteiger partial charge in [0.25, 0.3) is 0 Å². The van der Waals surface area contributed by atoms with E-state index in [0.717, 1.165) is 0 Å². The van der Waals surface area contributed by atoms with E-state index in [1.54, 1.807) is 0 Å². The monoisotopic (exact) mass is 425 g/mol. The highest BCUT2D eigenvalue weighted by Crippen LogP contribution is 2.39. The van der Waals surface area contributed by atoms with Crippen molar-refractivity contribution < 1.29 is 53.2 Å². The molecule has 0 N–H and O–H groups in total. The Hall–Kier alpha value is 0.0400. The fourth-order valence-electron chi connectivity index (χ4n) is 0.425. The first-order valence-electron chi connectivity index (χ1n) is 3.73. The smallest absolute Gasteiger partial charge is 0.202 e. The number of hydrogen-bond donors (Lipinski definition) is 0. The van der Waals surface area contributed by atoms with Crippen molar-refractivity contribution in [3.05, 3.63) is 0 Å². The number of halogens is 10. The molecule has 0 aliphatic rings. The van der Waals surface area contributed by atoms with Gasteiger partial charge in [-0.2, -0.15) is 22.8 Å². The summed E-state index contributed by atoms with van der Waals surface area (Å²) in [5.41, 5.74) is 0. The minimum absolute atomic E-state index is 1.46. The maximum Gasteiger partial charge on any atom is 0.541 e. The quantitative estimate of drug-likeness (QED) is 0.372. The molecule has 0 aromatic carbocycles. The van der Waals surface area contributed by atoms with E-state index in [0.29, 0.717) is 0 Å². The third kappa shape index (κ3) is 5.44. The molecule has 20 heavy (non-hydrogen) atoms. The van der Waals surface area contributed by atoms with E-state index in [1.165, 1.54) is 15.9 Å². The lowest BCUT2D eigenvalue weighted by atomic mass is 10.7. The Balaban J connectivity index is 5.55. The van der Waals surface area contributed by atoms with Crippen LogP contribution in [0.25, 0.3) is 0 Å². The summed E-state index contributed by atoms with van der Waals surface area (Å²) in [6.45, 7) is 0.